The zero-order chi connectivity index (χ0) is 20.9. The van der Waals surface area contributed by atoms with Gasteiger partial charge in [0.1, 0.15) is 29.6 Å². The molecule has 0 aliphatic heterocycles. The van der Waals surface area contributed by atoms with Crippen LogP contribution in [0, 0.1) is 0 Å². The molecule has 2 heterocycles. The quantitative estimate of drug-likeness (QED) is 0.458. The molecule has 2 aromatic carbocycles. The van der Waals surface area contributed by atoms with Gasteiger partial charge in [0, 0.05) is 23.5 Å². The zero-order valence-corrected chi connectivity index (χ0v) is 15.9. The number of ether oxygens (including phenoxy) is 1. The number of imidazole rings is 1. The fourth-order valence-corrected chi connectivity index (χ4v) is 2.94. The first-order valence-electron chi connectivity index (χ1n) is 9.29. The highest BCUT2D eigenvalue weighted by Crippen LogP contribution is 2.18. The smallest absolute Gasteiger partial charge is 0.349 e. The van der Waals surface area contributed by atoms with E-state index >= 15 is 0 Å². The van der Waals surface area contributed by atoms with Crippen molar-refractivity contribution in [2.24, 2.45) is 0 Å². The van der Waals surface area contributed by atoms with Crippen molar-refractivity contribution < 1.29 is 19.1 Å². The number of rotatable bonds is 7. The number of nitrogens with one attached hydrogen (secondary N) is 1. The first-order valence-corrected chi connectivity index (χ1v) is 9.29. The Labute approximate surface area is 171 Å². The summed E-state index contributed by atoms with van der Waals surface area (Å²) in [6.07, 6.45) is 4.33. The molecule has 4 aromatic rings. The number of carbonyl (C=O) groups is 1. The molecule has 30 heavy (non-hydrogen) atoms. The average molecular weight is 405 g/mol. The molecule has 2 aromatic heterocycles. The van der Waals surface area contributed by atoms with Gasteiger partial charge in [-0.25, -0.2) is 9.78 Å². The minimum Gasteiger partial charge on any atom is -0.491 e. The Balaban J connectivity index is 1.37. The van der Waals surface area contributed by atoms with Gasteiger partial charge in [-0.15, -0.1) is 0 Å². The molecular formula is C22H19N3O5. The van der Waals surface area contributed by atoms with E-state index in [1.165, 1.54) is 6.07 Å². The van der Waals surface area contributed by atoms with Crippen molar-refractivity contribution in [1.29, 1.82) is 0 Å². The second kappa shape index (κ2) is 8.62. The van der Waals surface area contributed by atoms with Gasteiger partial charge >= 0.3 is 5.63 Å². The van der Waals surface area contributed by atoms with Crippen molar-refractivity contribution >= 4 is 22.6 Å². The summed E-state index contributed by atoms with van der Waals surface area (Å²) in [5.74, 6) is -0.0122. The van der Waals surface area contributed by atoms with Crippen molar-refractivity contribution in [3.8, 4) is 5.75 Å². The highest BCUT2D eigenvalue weighted by Gasteiger charge is 2.14. The number of hydrogen-bond donors (Lipinski definition) is 2. The van der Waals surface area contributed by atoms with E-state index in [1.54, 1.807) is 71.8 Å². The maximum atomic E-state index is 12.5. The van der Waals surface area contributed by atoms with E-state index in [9.17, 15) is 14.7 Å². The molecule has 0 radical (unpaired) electrons. The molecule has 1 unspecified atom stereocenters. The van der Waals surface area contributed by atoms with E-state index in [1.807, 2.05) is 0 Å². The molecule has 1 atom stereocenters. The summed E-state index contributed by atoms with van der Waals surface area (Å²) in [5.41, 5.74) is 0.157. The van der Waals surface area contributed by atoms with Crippen LogP contribution in [0.5, 0.6) is 5.75 Å². The van der Waals surface area contributed by atoms with E-state index in [0.29, 0.717) is 29.0 Å². The van der Waals surface area contributed by atoms with Crippen molar-refractivity contribution in [3.63, 3.8) is 0 Å². The summed E-state index contributed by atoms with van der Waals surface area (Å²) in [4.78, 5) is 28.5. The van der Waals surface area contributed by atoms with Gasteiger partial charge in [-0.2, -0.15) is 0 Å². The minimum absolute atomic E-state index is 0.0725. The summed E-state index contributed by atoms with van der Waals surface area (Å²) in [5, 5.41) is 13.4. The number of hydrogen-bond acceptors (Lipinski definition) is 6. The average Bonchev–Trinajstić information content (AvgIpc) is 3.25. The lowest BCUT2D eigenvalue weighted by Gasteiger charge is -2.13. The number of aromatic nitrogens is 2. The van der Waals surface area contributed by atoms with E-state index in [2.05, 4.69) is 10.3 Å². The van der Waals surface area contributed by atoms with Crippen LogP contribution in [-0.4, -0.2) is 33.3 Å². The molecule has 152 valence electrons. The van der Waals surface area contributed by atoms with Crippen LogP contribution >= 0.6 is 0 Å². The number of benzene rings is 2. The molecular weight excluding hydrogens is 386 g/mol. The standard InChI is InChI=1S/C22H19N3O5/c26-17(12-25-10-9-23-14-25)13-29-18-7-5-16(6-8-18)24-21(27)19-11-15-3-1-2-4-20(15)30-22(19)28/h1-11,14,17,26H,12-13H2,(H,24,27). The number of aliphatic hydroxyl groups is 1. The topological polar surface area (TPSA) is 107 Å². The molecule has 2 N–H and O–H groups in total. The minimum atomic E-state index is -0.696. The van der Waals surface area contributed by atoms with Gasteiger partial charge in [0.15, 0.2) is 0 Å². The van der Waals surface area contributed by atoms with Crippen molar-refractivity contribution in [1.82, 2.24) is 9.55 Å². The van der Waals surface area contributed by atoms with Crippen LogP contribution in [0.3, 0.4) is 0 Å². The monoisotopic (exact) mass is 405 g/mol. The predicted molar refractivity (Wildman–Crippen MR) is 111 cm³/mol. The van der Waals surface area contributed by atoms with Crippen LogP contribution in [-0.2, 0) is 6.54 Å². The summed E-state index contributed by atoms with van der Waals surface area (Å²) in [6, 6.07) is 15.1. The fourth-order valence-electron chi connectivity index (χ4n) is 2.94. The summed E-state index contributed by atoms with van der Waals surface area (Å²) in [6.45, 7) is 0.491. The molecule has 0 aliphatic carbocycles. The normalized spacial score (nSPS) is 11.9. The van der Waals surface area contributed by atoms with Gasteiger partial charge in [-0.3, -0.25) is 4.79 Å². The number of para-hydroxylation sites is 1. The van der Waals surface area contributed by atoms with Gasteiger partial charge < -0.3 is 24.1 Å². The molecule has 0 bridgehead atoms. The number of aliphatic hydroxyl groups excluding tert-OH is 1. The van der Waals surface area contributed by atoms with Gasteiger partial charge in [0.2, 0.25) is 0 Å². The molecule has 4 rings (SSSR count). The number of amides is 1. The molecule has 0 saturated carbocycles. The largest absolute Gasteiger partial charge is 0.491 e. The SMILES string of the molecule is O=C(Nc1ccc(OCC(O)Cn2ccnc2)cc1)c1cc2ccccc2oc1=O. The maximum absolute atomic E-state index is 12.5. The van der Waals surface area contributed by atoms with Crippen molar-refractivity contribution in [3.05, 3.63) is 89.3 Å². The Morgan fingerprint density at radius 3 is 2.77 bits per heavy atom. The first-order chi connectivity index (χ1) is 14.6. The Kier molecular flexibility index (Phi) is 5.58. The molecule has 8 heteroatoms. The van der Waals surface area contributed by atoms with Gasteiger partial charge in [-0.1, -0.05) is 18.2 Å². The van der Waals surface area contributed by atoms with Crippen LogP contribution < -0.4 is 15.7 Å². The van der Waals surface area contributed by atoms with Gasteiger partial charge in [-0.05, 0) is 36.4 Å². The lowest BCUT2D eigenvalue weighted by molar-refractivity contribution is 0.0925. The van der Waals surface area contributed by atoms with Gasteiger partial charge in [0.05, 0.1) is 12.9 Å². The Morgan fingerprint density at radius 2 is 2.00 bits per heavy atom. The molecule has 0 spiro atoms. The number of nitrogens with zero attached hydrogens (tertiary/aromatic N) is 2. The Bertz CT molecular complexity index is 1200. The molecule has 0 saturated heterocycles. The van der Waals surface area contributed by atoms with Crippen LogP contribution in [0.15, 0.2) is 82.5 Å². The lowest BCUT2D eigenvalue weighted by Crippen LogP contribution is -2.23. The van der Waals surface area contributed by atoms with Gasteiger partial charge in [0.25, 0.3) is 5.91 Å². The Morgan fingerprint density at radius 1 is 1.20 bits per heavy atom. The summed E-state index contributed by atoms with van der Waals surface area (Å²) < 4.78 is 12.5. The van der Waals surface area contributed by atoms with Crippen LogP contribution in [0.25, 0.3) is 11.0 Å². The molecule has 0 fully saturated rings. The number of carbonyl (C=O) groups excluding carboxylic acids is 1. The van der Waals surface area contributed by atoms with Crippen LogP contribution in [0.2, 0.25) is 0 Å². The molecule has 1 amide bonds. The summed E-state index contributed by atoms with van der Waals surface area (Å²) in [7, 11) is 0. The van der Waals surface area contributed by atoms with Crippen molar-refractivity contribution in [2.45, 2.75) is 12.6 Å². The zero-order valence-electron chi connectivity index (χ0n) is 15.9. The van der Waals surface area contributed by atoms with Crippen LogP contribution in [0.1, 0.15) is 10.4 Å². The predicted octanol–water partition coefficient (Wildman–Crippen LogP) is 2.68. The third kappa shape index (κ3) is 4.56. The maximum Gasteiger partial charge on any atom is 0.349 e. The third-order valence-electron chi connectivity index (χ3n) is 4.42. The number of anilines is 1. The highest BCUT2D eigenvalue weighted by atomic mass is 16.5. The second-order valence-corrected chi connectivity index (χ2v) is 6.69. The Hall–Kier alpha value is -3.91. The van der Waals surface area contributed by atoms with Crippen LogP contribution in [0.4, 0.5) is 5.69 Å². The molecule has 8 nitrogen and oxygen atoms in total. The first kappa shape index (κ1) is 19.4. The highest BCUT2D eigenvalue weighted by molar-refractivity contribution is 6.05. The van der Waals surface area contributed by atoms with E-state index in [0.717, 1.165) is 0 Å². The van der Waals surface area contributed by atoms with E-state index < -0.39 is 17.6 Å². The second-order valence-electron chi connectivity index (χ2n) is 6.69. The van der Waals surface area contributed by atoms with E-state index in [-0.39, 0.29) is 12.2 Å². The fraction of sp³-hybridized carbons (Fsp3) is 0.136. The number of fused-ring (bicyclic) bond motifs is 1. The van der Waals surface area contributed by atoms with E-state index in [4.69, 9.17) is 9.15 Å². The third-order valence-corrected chi connectivity index (χ3v) is 4.42. The summed E-state index contributed by atoms with van der Waals surface area (Å²) >= 11 is 0. The molecule has 0 aliphatic rings. The lowest BCUT2D eigenvalue weighted by atomic mass is 10.1. The van der Waals surface area contributed by atoms with Crippen molar-refractivity contribution in [2.75, 3.05) is 11.9 Å².